The average molecular weight is 350 g/mol. The Morgan fingerprint density at radius 3 is 2.88 bits per heavy atom. The number of sulfonamides is 1. The van der Waals surface area contributed by atoms with Crippen molar-refractivity contribution in [3.63, 3.8) is 0 Å². The van der Waals surface area contributed by atoms with Gasteiger partial charge in [0.25, 0.3) is 0 Å². The zero-order chi connectivity index (χ0) is 17.2. The summed E-state index contributed by atoms with van der Waals surface area (Å²) < 4.78 is 25.0. The van der Waals surface area contributed by atoms with E-state index in [1.54, 1.807) is 0 Å². The van der Waals surface area contributed by atoms with E-state index in [-0.39, 0.29) is 0 Å². The van der Waals surface area contributed by atoms with E-state index in [2.05, 4.69) is 45.8 Å². The summed E-state index contributed by atoms with van der Waals surface area (Å²) in [6, 6.07) is 8.44. The minimum absolute atomic E-state index is 0.544. The largest absolute Gasteiger partial charge is 0.357 e. The molecule has 0 amide bonds. The van der Waals surface area contributed by atoms with Gasteiger partial charge in [0, 0.05) is 36.2 Å². The molecule has 1 fully saturated rings. The third-order valence-corrected chi connectivity index (χ3v) is 5.70. The molecule has 1 aliphatic rings. The highest BCUT2D eigenvalue weighted by Crippen LogP contribution is 2.25. The Labute approximate surface area is 144 Å². The molecule has 0 saturated carbocycles. The lowest BCUT2D eigenvalue weighted by atomic mass is 9.94. The fourth-order valence-electron chi connectivity index (χ4n) is 3.70. The molecule has 0 unspecified atom stereocenters. The molecule has 0 aliphatic carbocycles. The lowest BCUT2D eigenvalue weighted by Crippen LogP contribution is -2.36. The molecule has 132 valence electrons. The number of nitrogens with zero attached hydrogens (tertiary/aromatic N) is 1. The molecular formula is C18H27N3O2S. The third kappa shape index (κ3) is 4.37. The molecule has 3 rings (SSSR count). The second kappa shape index (κ2) is 7.25. The van der Waals surface area contributed by atoms with Crippen molar-refractivity contribution in [1.29, 1.82) is 0 Å². The van der Waals surface area contributed by atoms with Crippen LogP contribution in [0.3, 0.4) is 0 Å². The number of aromatic nitrogens is 1. The van der Waals surface area contributed by atoms with Crippen LogP contribution in [-0.4, -0.2) is 44.2 Å². The number of fused-ring (bicyclic) bond motifs is 1. The van der Waals surface area contributed by atoms with Gasteiger partial charge in [-0.25, -0.2) is 13.1 Å². The van der Waals surface area contributed by atoms with Gasteiger partial charge in [0.05, 0.1) is 6.26 Å². The van der Waals surface area contributed by atoms with Crippen LogP contribution in [0.4, 0.5) is 0 Å². The molecule has 1 aromatic heterocycles. The molecule has 1 aromatic carbocycles. The molecule has 1 atom stereocenters. The van der Waals surface area contributed by atoms with Crippen molar-refractivity contribution >= 4 is 20.9 Å². The maximum Gasteiger partial charge on any atom is 0.208 e. The third-order valence-electron chi connectivity index (χ3n) is 4.97. The summed E-state index contributed by atoms with van der Waals surface area (Å²) in [4.78, 5) is 6.05. The number of benzene rings is 1. The second-order valence-electron chi connectivity index (χ2n) is 6.97. The average Bonchev–Trinajstić information content (AvgIpc) is 2.83. The molecule has 2 heterocycles. The summed E-state index contributed by atoms with van der Waals surface area (Å²) in [5.41, 5.74) is 3.84. The predicted octanol–water partition coefficient (Wildman–Crippen LogP) is 2.63. The summed E-state index contributed by atoms with van der Waals surface area (Å²) >= 11 is 0. The number of para-hydroxylation sites is 1. The summed E-state index contributed by atoms with van der Waals surface area (Å²) in [6.45, 7) is 5.83. The van der Waals surface area contributed by atoms with Gasteiger partial charge in [0.2, 0.25) is 10.0 Å². The van der Waals surface area contributed by atoms with Crippen molar-refractivity contribution in [1.82, 2.24) is 14.6 Å². The van der Waals surface area contributed by atoms with Crippen LogP contribution >= 0.6 is 0 Å². The molecule has 0 spiro atoms. The normalized spacial score (nSPS) is 19.8. The number of H-pyrrole nitrogens is 1. The lowest BCUT2D eigenvalue weighted by molar-refractivity contribution is 0.161. The molecule has 2 N–H and O–H groups in total. The van der Waals surface area contributed by atoms with Gasteiger partial charge in [0.15, 0.2) is 0 Å². The van der Waals surface area contributed by atoms with Crippen LogP contribution in [0.1, 0.15) is 30.5 Å². The van der Waals surface area contributed by atoms with Crippen LogP contribution in [0.5, 0.6) is 0 Å². The highest BCUT2D eigenvalue weighted by molar-refractivity contribution is 7.88. The summed E-state index contributed by atoms with van der Waals surface area (Å²) in [6.07, 6.45) is 4.50. The number of hydrogen-bond donors (Lipinski definition) is 2. The Kier molecular flexibility index (Phi) is 5.27. The number of rotatable bonds is 6. The predicted molar refractivity (Wildman–Crippen MR) is 98.5 cm³/mol. The Hall–Kier alpha value is -1.37. The first-order valence-corrected chi connectivity index (χ1v) is 10.5. The zero-order valence-corrected chi connectivity index (χ0v) is 15.3. The maximum atomic E-state index is 11.2. The maximum absolute atomic E-state index is 11.2. The molecule has 1 saturated heterocycles. The van der Waals surface area contributed by atoms with Gasteiger partial charge < -0.3 is 4.98 Å². The highest BCUT2D eigenvalue weighted by atomic mass is 32.2. The molecular weight excluding hydrogens is 322 g/mol. The number of aryl methyl sites for hydroxylation is 1. The smallest absolute Gasteiger partial charge is 0.208 e. The lowest BCUT2D eigenvalue weighted by Gasteiger charge is -2.32. The van der Waals surface area contributed by atoms with Crippen LogP contribution < -0.4 is 4.72 Å². The number of nitrogens with one attached hydrogen (secondary N) is 2. The van der Waals surface area contributed by atoms with Gasteiger partial charge in [-0.3, -0.25) is 4.90 Å². The molecule has 2 aromatic rings. The van der Waals surface area contributed by atoms with Gasteiger partial charge in [-0.1, -0.05) is 18.2 Å². The van der Waals surface area contributed by atoms with Crippen molar-refractivity contribution in [2.45, 2.75) is 32.7 Å². The number of aromatic amines is 1. The first-order valence-electron chi connectivity index (χ1n) is 8.65. The summed E-state index contributed by atoms with van der Waals surface area (Å²) in [5, 5.41) is 1.30. The molecule has 6 heteroatoms. The van der Waals surface area contributed by atoms with Crippen LogP contribution in [0.2, 0.25) is 0 Å². The van der Waals surface area contributed by atoms with Crippen LogP contribution in [-0.2, 0) is 16.6 Å². The van der Waals surface area contributed by atoms with Crippen LogP contribution in [0, 0.1) is 12.8 Å². The standard InChI is InChI=1S/C18H27N3O2S/c1-14-16-7-3-4-8-17(16)20-18(14)13-21-11-5-6-15(12-21)9-10-19-24(2,22)23/h3-4,7-8,15,19-20H,5-6,9-13H2,1-2H3/t15-/m1/s1. The number of hydrogen-bond acceptors (Lipinski definition) is 3. The first-order chi connectivity index (χ1) is 11.4. The molecule has 5 nitrogen and oxygen atoms in total. The van der Waals surface area contributed by atoms with E-state index in [0.29, 0.717) is 12.5 Å². The van der Waals surface area contributed by atoms with E-state index in [1.807, 2.05) is 0 Å². The first kappa shape index (κ1) is 17.5. The van der Waals surface area contributed by atoms with Crippen molar-refractivity contribution in [2.24, 2.45) is 5.92 Å². The topological polar surface area (TPSA) is 65.2 Å². The molecule has 1 aliphatic heterocycles. The Morgan fingerprint density at radius 2 is 2.12 bits per heavy atom. The Bertz CT molecular complexity index is 798. The van der Waals surface area contributed by atoms with Crippen molar-refractivity contribution in [2.75, 3.05) is 25.9 Å². The minimum atomic E-state index is -3.08. The quantitative estimate of drug-likeness (QED) is 0.842. The second-order valence-corrected chi connectivity index (χ2v) is 8.81. The highest BCUT2D eigenvalue weighted by Gasteiger charge is 2.21. The van der Waals surface area contributed by atoms with Crippen LogP contribution in [0.15, 0.2) is 24.3 Å². The van der Waals surface area contributed by atoms with E-state index in [9.17, 15) is 8.42 Å². The van der Waals surface area contributed by atoms with E-state index in [0.717, 1.165) is 26.1 Å². The number of likely N-dealkylation sites (tertiary alicyclic amines) is 1. The van der Waals surface area contributed by atoms with Crippen LogP contribution in [0.25, 0.3) is 10.9 Å². The molecule has 24 heavy (non-hydrogen) atoms. The van der Waals surface area contributed by atoms with E-state index in [1.165, 1.54) is 41.3 Å². The number of piperidine rings is 1. The Balaban J connectivity index is 1.59. The molecule has 0 bridgehead atoms. The van der Waals surface area contributed by atoms with Crippen molar-refractivity contribution in [3.05, 3.63) is 35.5 Å². The van der Waals surface area contributed by atoms with Crippen molar-refractivity contribution in [3.8, 4) is 0 Å². The van der Waals surface area contributed by atoms with Crippen molar-refractivity contribution < 1.29 is 8.42 Å². The van der Waals surface area contributed by atoms with E-state index < -0.39 is 10.0 Å². The van der Waals surface area contributed by atoms with Gasteiger partial charge in [-0.15, -0.1) is 0 Å². The van der Waals surface area contributed by atoms with Gasteiger partial charge >= 0.3 is 0 Å². The fourth-order valence-corrected chi connectivity index (χ4v) is 4.19. The summed E-state index contributed by atoms with van der Waals surface area (Å²) in [7, 11) is -3.08. The Morgan fingerprint density at radius 1 is 1.33 bits per heavy atom. The van der Waals surface area contributed by atoms with E-state index in [4.69, 9.17) is 0 Å². The monoisotopic (exact) mass is 349 g/mol. The molecule has 0 radical (unpaired) electrons. The van der Waals surface area contributed by atoms with Gasteiger partial charge in [0.1, 0.15) is 0 Å². The fraction of sp³-hybridized carbons (Fsp3) is 0.556. The minimum Gasteiger partial charge on any atom is -0.357 e. The summed E-state index contributed by atoms with van der Waals surface area (Å²) in [5.74, 6) is 0.567. The van der Waals surface area contributed by atoms with Gasteiger partial charge in [-0.2, -0.15) is 0 Å². The van der Waals surface area contributed by atoms with E-state index >= 15 is 0 Å². The zero-order valence-electron chi connectivity index (χ0n) is 14.5. The van der Waals surface area contributed by atoms with Gasteiger partial charge in [-0.05, 0) is 50.3 Å². The SMILES string of the molecule is Cc1c(CN2CCC[C@H](CCNS(C)(=O)=O)C2)[nH]c2ccccc12.